The number of hydrogen-bond donors (Lipinski definition) is 3. The first-order chi connectivity index (χ1) is 10.0. The van der Waals surface area contributed by atoms with Crippen molar-refractivity contribution in [1.29, 1.82) is 0 Å². The maximum absolute atomic E-state index is 12.3. The van der Waals surface area contributed by atoms with Crippen LogP contribution in [0.1, 0.15) is 21.5 Å². The van der Waals surface area contributed by atoms with Crippen LogP contribution < -0.4 is 10.6 Å². The maximum Gasteiger partial charge on any atom is 0.255 e. The number of nitrogens with zero attached hydrogens (tertiary/aromatic N) is 1. The Kier molecular flexibility index (Phi) is 4.77. The quantitative estimate of drug-likeness (QED) is 0.759. The Morgan fingerprint density at radius 2 is 2.10 bits per heavy atom. The summed E-state index contributed by atoms with van der Waals surface area (Å²) in [5, 5.41) is 15.1. The van der Waals surface area contributed by atoms with E-state index in [4.69, 9.17) is 16.7 Å². The van der Waals surface area contributed by atoms with E-state index in [-0.39, 0.29) is 17.7 Å². The van der Waals surface area contributed by atoms with Crippen LogP contribution in [0, 0.1) is 6.92 Å². The number of hydrogen-bond acceptors (Lipinski definition) is 4. The zero-order chi connectivity index (χ0) is 15.4. The standard InChI is InChI=1S/C15H16ClN3O2/c1-9-3-4-10(8-20)5-12(9)18-15(21)11-6-13(16)19-14(7-11)17-2/h3-7,20H,8H2,1-2H3,(H,17,19)(H,18,21). The molecule has 0 aliphatic rings. The average Bonchev–Trinajstić information content (AvgIpc) is 2.48. The number of benzene rings is 1. The van der Waals surface area contributed by atoms with Gasteiger partial charge in [-0.15, -0.1) is 0 Å². The highest BCUT2D eigenvalue weighted by Gasteiger charge is 2.11. The zero-order valence-electron chi connectivity index (χ0n) is 11.8. The van der Waals surface area contributed by atoms with Gasteiger partial charge in [0.15, 0.2) is 0 Å². The fourth-order valence-electron chi connectivity index (χ4n) is 1.85. The number of aliphatic hydroxyl groups excluding tert-OH is 1. The summed E-state index contributed by atoms with van der Waals surface area (Å²) >= 11 is 5.89. The van der Waals surface area contributed by atoms with Gasteiger partial charge in [0.25, 0.3) is 5.91 Å². The molecule has 0 fully saturated rings. The predicted molar refractivity (Wildman–Crippen MR) is 83.8 cm³/mol. The van der Waals surface area contributed by atoms with Crippen molar-refractivity contribution in [2.24, 2.45) is 0 Å². The van der Waals surface area contributed by atoms with Crippen LogP contribution in [-0.2, 0) is 6.61 Å². The molecule has 0 aliphatic carbocycles. The minimum absolute atomic E-state index is 0.0753. The molecule has 1 aromatic carbocycles. The second kappa shape index (κ2) is 6.56. The third kappa shape index (κ3) is 3.71. The number of amides is 1. The molecule has 0 unspecified atom stereocenters. The number of carbonyl (C=O) groups excluding carboxylic acids is 1. The van der Waals surface area contributed by atoms with E-state index >= 15 is 0 Å². The second-order valence-electron chi connectivity index (χ2n) is 4.58. The first-order valence-electron chi connectivity index (χ1n) is 6.40. The average molecular weight is 306 g/mol. The van der Waals surface area contributed by atoms with Gasteiger partial charge in [-0.25, -0.2) is 4.98 Å². The molecule has 1 aromatic heterocycles. The van der Waals surface area contributed by atoms with E-state index in [2.05, 4.69) is 15.6 Å². The number of pyridine rings is 1. The summed E-state index contributed by atoms with van der Waals surface area (Å²) in [6, 6.07) is 8.53. The summed E-state index contributed by atoms with van der Waals surface area (Å²) < 4.78 is 0. The molecule has 1 heterocycles. The Labute approximate surface area is 128 Å². The van der Waals surface area contributed by atoms with E-state index in [1.165, 1.54) is 6.07 Å². The molecule has 0 atom stereocenters. The highest BCUT2D eigenvalue weighted by atomic mass is 35.5. The molecule has 0 spiro atoms. The largest absolute Gasteiger partial charge is 0.392 e. The fraction of sp³-hybridized carbons (Fsp3) is 0.200. The van der Waals surface area contributed by atoms with Crippen LogP contribution in [-0.4, -0.2) is 23.0 Å². The molecule has 2 aromatic rings. The Bertz CT molecular complexity index is 674. The summed E-state index contributed by atoms with van der Waals surface area (Å²) in [6.45, 7) is 1.81. The lowest BCUT2D eigenvalue weighted by molar-refractivity contribution is 0.102. The number of aliphatic hydroxyl groups is 1. The molecule has 0 radical (unpaired) electrons. The zero-order valence-corrected chi connectivity index (χ0v) is 12.5. The maximum atomic E-state index is 12.3. The number of nitrogens with one attached hydrogen (secondary N) is 2. The smallest absolute Gasteiger partial charge is 0.255 e. The number of anilines is 2. The Balaban J connectivity index is 2.27. The van der Waals surface area contributed by atoms with Gasteiger partial charge in [0.2, 0.25) is 0 Å². The molecule has 0 aliphatic heterocycles. The summed E-state index contributed by atoms with van der Waals surface area (Å²) in [5.41, 5.74) is 2.72. The van der Waals surface area contributed by atoms with Gasteiger partial charge in [0.05, 0.1) is 6.61 Å². The first kappa shape index (κ1) is 15.3. The van der Waals surface area contributed by atoms with Gasteiger partial charge in [0.1, 0.15) is 11.0 Å². The van der Waals surface area contributed by atoms with Crippen LogP contribution in [0.25, 0.3) is 0 Å². The fourth-order valence-corrected chi connectivity index (χ4v) is 2.06. The summed E-state index contributed by atoms with van der Waals surface area (Å²) in [5.74, 6) is 0.238. The van der Waals surface area contributed by atoms with E-state index in [9.17, 15) is 4.79 Å². The van der Waals surface area contributed by atoms with Crippen LogP contribution in [0.2, 0.25) is 5.15 Å². The summed E-state index contributed by atoms with van der Waals surface area (Å²) in [4.78, 5) is 16.3. The van der Waals surface area contributed by atoms with Gasteiger partial charge >= 0.3 is 0 Å². The molecule has 2 rings (SSSR count). The molecule has 0 saturated heterocycles. The summed E-state index contributed by atoms with van der Waals surface area (Å²) in [7, 11) is 1.70. The molecule has 6 heteroatoms. The van der Waals surface area contributed by atoms with Crippen molar-refractivity contribution in [2.75, 3.05) is 17.7 Å². The lowest BCUT2D eigenvalue weighted by Crippen LogP contribution is -2.13. The molecule has 1 amide bonds. The topological polar surface area (TPSA) is 74.2 Å². The minimum Gasteiger partial charge on any atom is -0.392 e. The lowest BCUT2D eigenvalue weighted by atomic mass is 10.1. The van der Waals surface area contributed by atoms with Crippen molar-refractivity contribution in [3.8, 4) is 0 Å². The van der Waals surface area contributed by atoms with Gasteiger partial charge < -0.3 is 15.7 Å². The SMILES string of the molecule is CNc1cc(C(=O)Nc2cc(CO)ccc2C)cc(Cl)n1. The molecule has 0 saturated carbocycles. The van der Waals surface area contributed by atoms with Crippen LogP contribution in [0.5, 0.6) is 0 Å². The van der Waals surface area contributed by atoms with Crippen LogP contribution in [0.3, 0.4) is 0 Å². The second-order valence-corrected chi connectivity index (χ2v) is 4.96. The number of rotatable bonds is 4. The third-order valence-corrected chi connectivity index (χ3v) is 3.24. The Hall–Kier alpha value is -2.11. The highest BCUT2D eigenvalue weighted by molar-refractivity contribution is 6.30. The van der Waals surface area contributed by atoms with Gasteiger partial charge in [0, 0.05) is 18.3 Å². The van der Waals surface area contributed by atoms with Crippen LogP contribution >= 0.6 is 11.6 Å². The number of aromatic nitrogens is 1. The predicted octanol–water partition coefficient (Wildman–Crippen LogP) is 2.83. The van der Waals surface area contributed by atoms with E-state index in [1.807, 2.05) is 19.1 Å². The van der Waals surface area contributed by atoms with Gasteiger partial charge in [-0.1, -0.05) is 23.7 Å². The monoisotopic (exact) mass is 305 g/mol. The van der Waals surface area contributed by atoms with Gasteiger partial charge in [-0.3, -0.25) is 4.79 Å². The van der Waals surface area contributed by atoms with Crippen molar-refractivity contribution in [3.05, 3.63) is 52.2 Å². The number of carbonyl (C=O) groups is 1. The normalized spacial score (nSPS) is 10.3. The summed E-state index contributed by atoms with van der Waals surface area (Å²) in [6.07, 6.45) is 0. The first-order valence-corrected chi connectivity index (χ1v) is 6.78. The van der Waals surface area contributed by atoms with Crippen molar-refractivity contribution < 1.29 is 9.90 Å². The molecule has 3 N–H and O–H groups in total. The van der Waals surface area contributed by atoms with E-state index in [1.54, 1.807) is 19.2 Å². The van der Waals surface area contributed by atoms with E-state index in [0.29, 0.717) is 17.1 Å². The molecule has 21 heavy (non-hydrogen) atoms. The van der Waals surface area contributed by atoms with Gasteiger partial charge in [-0.2, -0.15) is 0 Å². The molecule has 0 bridgehead atoms. The molecule has 5 nitrogen and oxygen atoms in total. The third-order valence-electron chi connectivity index (χ3n) is 3.05. The molecular weight excluding hydrogens is 290 g/mol. The molecular formula is C15H16ClN3O2. The van der Waals surface area contributed by atoms with E-state index in [0.717, 1.165) is 11.1 Å². The van der Waals surface area contributed by atoms with Crippen molar-refractivity contribution in [1.82, 2.24) is 4.98 Å². The van der Waals surface area contributed by atoms with Crippen molar-refractivity contribution in [2.45, 2.75) is 13.5 Å². The minimum atomic E-state index is -0.283. The van der Waals surface area contributed by atoms with Crippen LogP contribution in [0.4, 0.5) is 11.5 Å². The van der Waals surface area contributed by atoms with Gasteiger partial charge in [-0.05, 0) is 36.2 Å². The number of halogens is 1. The van der Waals surface area contributed by atoms with E-state index < -0.39 is 0 Å². The lowest BCUT2D eigenvalue weighted by Gasteiger charge is -2.11. The highest BCUT2D eigenvalue weighted by Crippen LogP contribution is 2.20. The van der Waals surface area contributed by atoms with Crippen molar-refractivity contribution >= 4 is 29.0 Å². The molecule has 110 valence electrons. The van der Waals surface area contributed by atoms with Crippen molar-refractivity contribution in [3.63, 3.8) is 0 Å². The Morgan fingerprint density at radius 1 is 1.33 bits per heavy atom. The van der Waals surface area contributed by atoms with Crippen LogP contribution in [0.15, 0.2) is 30.3 Å². The Morgan fingerprint density at radius 3 is 2.76 bits per heavy atom. The number of aryl methyl sites for hydroxylation is 1.